The Morgan fingerprint density at radius 2 is 2.64 bits per heavy atom. The zero-order valence-corrected chi connectivity index (χ0v) is 7.06. The van der Waals surface area contributed by atoms with E-state index in [0.29, 0.717) is 11.7 Å². The Hall–Kier alpha value is -1.10. The summed E-state index contributed by atoms with van der Waals surface area (Å²) in [5, 5.41) is 7.23. The van der Waals surface area contributed by atoms with E-state index >= 15 is 0 Å². The summed E-state index contributed by atoms with van der Waals surface area (Å²) in [6.45, 7) is 0.593. The van der Waals surface area contributed by atoms with Gasteiger partial charge in [0.05, 0.1) is 12.2 Å². The van der Waals surface area contributed by atoms with Crippen LogP contribution in [0.2, 0.25) is 0 Å². The van der Waals surface area contributed by atoms with E-state index in [1.807, 2.05) is 19.3 Å². The molecule has 0 atom stereocenters. The van der Waals surface area contributed by atoms with Crippen LogP contribution in [0.3, 0.4) is 0 Å². The molecule has 3 N–H and O–H groups in total. The minimum Gasteiger partial charge on any atom is -0.376 e. The van der Waals surface area contributed by atoms with Crippen molar-refractivity contribution < 1.29 is 0 Å². The van der Waals surface area contributed by atoms with Crippen molar-refractivity contribution in [2.24, 2.45) is 12.8 Å². The summed E-state index contributed by atoms with van der Waals surface area (Å²) in [7, 11) is 1.87. The molecule has 0 bridgehead atoms. The third-order valence-corrected chi connectivity index (χ3v) is 1.36. The van der Waals surface area contributed by atoms with Gasteiger partial charge < -0.3 is 11.1 Å². The van der Waals surface area contributed by atoms with E-state index in [1.54, 1.807) is 4.68 Å². The van der Waals surface area contributed by atoms with Gasteiger partial charge in [0, 0.05) is 13.2 Å². The fourth-order valence-electron chi connectivity index (χ4n) is 0.735. The molecule has 0 unspecified atom stereocenters. The van der Waals surface area contributed by atoms with E-state index in [9.17, 15) is 0 Å². The van der Waals surface area contributed by atoms with Gasteiger partial charge in [-0.25, -0.2) is 0 Å². The molecule has 60 valence electrons. The van der Waals surface area contributed by atoms with E-state index in [2.05, 4.69) is 22.6 Å². The number of nitrogens with two attached hydrogens (primary N) is 1. The number of thiocarbonyl (C=S) groups is 1. The number of hydrogen-bond donors (Lipinski definition) is 2. The SMILES string of the molecule is Cn1ccc(CNC(N)=S)n1. The summed E-state index contributed by atoms with van der Waals surface area (Å²) in [5.41, 5.74) is 6.16. The first-order chi connectivity index (χ1) is 5.18. The lowest BCUT2D eigenvalue weighted by Crippen LogP contribution is -2.28. The van der Waals surface area contributed by atoms with Crippen LogP contribution in [-0.2, 0) is 13.6 Å². The number of rotatable bonds is 2. The van der Waals surface area contributed by atoms with Crippen LogP contribution in [0.15, 0.2) is 12.3 Å². The molecular weight excluding hydrogens is 160 g/mol. The van der Waals surface area contributed by atoms with Gasteiger partial charge in [0.1, 0.15) is 0 Å². The third kappa shape index (κ3) is 2.55. The Morgan fingerprint density at radius 3 is 3.09 bits per heavy atom. The van der Waals surface area contributed by atoms with Crippen molar-refractivity contribution in [2.75, 3.05) is 0 Å². The van der Waals surface area contributed by atoms with Gasteiger partial charge in [-0.15, -0.1) is 0 Å². The summed E-state index contributed by atoms with van der Waals surface area (Å²) < 4.78 is 1.73. The number of hydrogen-bond acceptors (Lipinski definition) is 2. The Balaban J connectivity index is 2.45. The Kier molecular flexibility index (Phi) is 2.43. The largest absolute Gasteiger partial charge is 0.376 e. The average molecular weight is 170 g/mol. The molecule has 0 saturated heterocycles. The van der Waals surface area contributed by atoms with Gasteiger partial charge in [-0.2, -0.15) is 5.10 Å². The van der Waals surface area contributed by atoms with Crippen molar-refractivity contribution in [2.45, 2.75) is 6.54 Å². The van der Waals surface area contributed by atoms with Crippen LogP contribution in [0.25, 0.3) is 0 Å². The molecule has 4 nitrogen and oxygen atoms in total. The molecule has 0 saturated carbocycles. The van der Waals surface area contributed by atoms with Crippen molar-refractivity contribution in [1.29, 1.82) is 0 Å². The van der Waals surface area contributed by atoms with Gasteiger partial charge in [0.25, 0.3) is 0 Å². The molecule has 0 aliphatic carbocycles. The van der Waals surface area contributed by atoms with Crippen molar-refractivity contribution >= 4 is 17.3 Å². The third-order valence-electron chi connectivity index (χ3n) is 1.21. The van der Waals surface area contributed by atoms with E-state index in [1.165, 1.54) is 0 Å². The van der Waals surface area contributed by atoms with Crippen molar-refractivity contribution in [3.63, 3.8) is 0 Å². The Labute approximate surface area is 70.4 Å². The lowest BCUT2D eigenvalue weighted by Gasteiger charge is -1.98. The number of nitrogens with zero attached hydrogens (tertiary/aromatic N) is 2. The highest BCUT2D eigenvalue weighted by molar-refractivity contribution is 7.80. The lowest BCUT2D eigenvalue weighted by molar-refractivity contribution is 0.731. The average Bonchev–Trinajstić information content (AvgIpc) is 2.31. The first kappa shape index (κ1) is 8.00. The van der Waals surface area contributed by atoms with Gasteiger partial charge in [0.2, 0.25) is 0 Å². The molecule has 0 aliphatic heterocycles. The topological polar surface area (TPSA) is 55.9 Å². The van der Waals surface area contributed by atoms with Gasteiger partial charge in [-0.05, 0) is 18.3 Å². The van der Waals surface area contributed by atoms with Crippen molar-refractivity contribution in [3.05, 3.63) is 18.0 Å². The van der Waals surface area contributed by atoms with Crippen molar-refractivity contribution in [3.8, 4) is 0 Å². The molecule has 11 heavy (non-hydrogen) atoms. The van der Waals surface area contributed by atoms with Gasteiger partial charge >= 0.3 is 0 Å². The fourth-order valence-corrected chi connectivity index (χ4v) is 0.807. The van der Waals surface area contributed by atoms with E-state index in [0.717, 1.165) is 5.69 Å². The molecular formula is C6H10N4S. The standard InChI is InChI=1S/C6H10N4S/c1-10-3-2-5(9-10)4-8-6(7)11/h2-3H,4H2,1H3,(H3,7,8,11). The highest BCUT2D eigenvalue weighted by atomic mass is 32.1. The summed E-state index contributed by atoms with van der Waals surface area (Å²) in [5.74, 6) is 0. The maximum Gasteiger partial charge on any atom is 0.163 e. The monoisotopic (exact) mass is 170 g/mol. The summed E-state index contributed by atoms with van der Waals surface area (Å²) in [6, 6.07) is 1.91. The van der Waals surface area contributed by atoms with Gasteiger partial charge in [0.15, 0.2) is 5.11 Å². The molecule has 1 heterocycles. The van der Waals surface area contributed by atoms with Crippen LogP contribution < -0.4 is 11.1 Å². The fraction of sp³-hybridized carbons (Fsp3) is 0.333. The first-order valence-electron chi connectivity index (χ1n) is 3.20. The minimum absolute atomic E-state index is 0.302. The van der Waals surface area contributed by atoms with Gasteiger partial charge in [-0.1, -0.05) is 0 Å². The van der Waals surface area contributed by atoms with Gasteiger partial charge in [-0.3, -0.25) is 4.68 Å². The number of nitrogens with one attached hydrogen (secondary N) is 1. The summed E-state index contributed by atoms with van der Waals surface area (Å²) >= 11 is 4.63. The molecule has 1 rings (SSSR count). The second-order valence-electron chi connectivity index (χ2n) is 2.20. The minimum atomic E-state index is 0.302. The maximum atomic E-state index is 5.23. The molecule has 0 radical (unpaired) electrons. The smallest absolute Gasteiger partial charge is 0.163 e. The van der Waals surface area contributed by atoms with Crippen molar-refractivity contribution in [1.82, 2.24) is 15.1 Å². The molecule has 0 amide bonds. The Morgan fingerprint density at radius 1 is 1.91 bits per heavy atom. The van der Waals surface area contributed by atoms with Crippen LogP contribution >= 0.6 is 12.2 Å². The van der Waals surface area contributed by atoms with Crippen LogP contribution in [0.4, 0.5) is 0 Å². The highest BCUT2D eigenvalue weighted by Gasteiger charge is 1.94. The summed E-state index contributed by atoms with van der Waals surface area (Å²) in [4.78, 5) is 0. The zero-order valence-electron chi connectivity index (χ0n) is 6.24. The molecule has 0 fully saturated rings. The van der Waals surface area contributed by atoms with Crippen LogP contribution in [0, 0.1) is 0 Å². The highest BCUT2D eigenvalue weighted by Crippen LogP contribution is 1.91. The normalized spacial score (nSPS) is 9.55. The second-order valence-corrected chi connectivity index (χ2v) is 2.64. The van der Waals surface area contributed by atoms with E-state index in [4.69, 9.17) is 5.73 Å². The predicted molar refractivity (Wildman–Crippen MR) is 46.8 cm³/mol. The van der Waals surface area contributed by atoms with Crippen LogP contribution in [0.5, 0.6) is 0 Å². The quantitative estimate of drug-likeness (QED) is 0.601. The van der Waals surface area contributed by atoms with E-state index in [-0.39, 0.29) is 0 Å². The lowest BCUT2D eigenvalue weighted by atomic mass is 10.4. The molecule has 1 aromatic rings. The van der Waals surface area contributed by atoms with Crippen LogP contribution in [0.1, 0.15) is 5.69 Å². The first-order valence-corrected chi connectivity index (χ1v) is 3.61. The summed E-state index contributed by atoms with van der Waals surface area (Å²) in [6.07, 6.45) is 1.87. The predicted octanol–water partition coefficient (Wildman–Crippen LogP) is -0.247. The number of aromatic nitrogens is 2. The molecule has 5 heteroatoms. The Bertz CT molecular complexity index is 255. The molecule has 0 aliphatic rings. The molecule has 0 spiro atoms. The maximum absolute atomic E-state index is 5.23. The zero-order chi connectivity index (χ0) is 8.27. The number of aryl methyl sites for hydroxylation is 1. The van der Waals surface area contributed by atoms with Crippen LogP contribution in [-0.4, -0.2) is 14.9 Å². The second kappa shape index (κ2) is 3.34. The molecule has 0 aromatic carbocycles. The molecule has 1 aromatic heterocycles. The van der Waals surface area contributed by atoms with E-state index < -0.39 is 0 Å².